The summed E-state index contributed by atoms with van der Waals surface area (Å²) in [6, 6.07) is 6.73. The van der Waals surface area contributed by atoms with Gasteiger partial charge in [-0.3, -0.25) is 9.79 Å². The van der Waals surface area contributed by atoms with Crippen molar-refractivity contribution in [3.8, 4) is 0 Å². The third kappa shape index (κ3) is 3.45. The minimum absolute atomic E-state index is 0.0391. The maximum Gasteiger partial charge on any atom is 0.265 e. The lowest BCUT2D eigenvalue weighted by molar-refractivity contribution is -0.120. The van der Waals surface area contributed by atoms with Crippen LogP contribution in [0, 0.1) is 24.7 Å². The number of rotatable bonds is 4. The molecule has 0 N–H and O–H groups in total. The zero-order valence-corrected chi connectivity index (χ0v) is 18.7. The van der Waals surface area contributed by atoms with Crippen LogP contribution in [0.15, 0.2) is 45.8 Å². The molecule has 1 aliphatic heterocycles. The molecule has 0 aromatic heterocycles. The van der Waals surface area contributed by atoms with E-state index in [1.807, 2.05) is 32.1 Å². The Bertz CT molecular complexity index is 1000. The van der Waals surface area contributed by atoms with E-state index in [1.54, 1.807) is 23.4 Å². The predicted molar refractivity (Wildman–Crippen MR) is 114 cm³/mol. The zero-order valence-electron chi connectivity index (χ0n) is 17.8. The van der Waals surface area contributed by atoms with Crippen molar-refractivity contribution in [1.82, 2.24) is 4.31 Å². The number of nitrogens with zero attached hydrogens (tertiary/aromatic N) is 2. The Balaban J connectivity index is 1.87. The van der Waals surface area contributed by atoms with Crippen molar-refractivity contribution in [2.45, 2.75) is 70.4 Å². The van der Waals surface area contributed by atoms with E-state index in [4.69, 9.17) is 4.99 Å². The monoisotopic (exact) mass is 414 g/mol. The van der Waals surface area contributed by atoms with Crippen molar-refractivity contribution >= 4 is 21.6 Å². The molecular weight excluding hydrogens is 384 g/mol. The fraction of sp³-hybridized carbons (Fsp3) is 0.565. The molecule has 3 aliphatic rings. The molecule has 156 valence electrons. The fourth-order valence-electron chi connectivity index (χ4n) is 4.81. The van der Waals surface area contributed by atoms with Crippen LogP contribution in [0.3, 0.4) is 0 Å². The fourth-order valence-corrected chi connectivity index (χ4v) is 6.48. The average molecular weight is 415 g/mol. The molecule has 6 heteroatoms. The first-order valence-corrected chi connectivity index (χ1v) is 11.9. The van der Waals surface area contributed by atoms with Crippen molar-refractivity contribution in [2.75, 3.05) is 0 Å². The van der Waals surface area contributed by atoms with Gasteiger partial charge in [0.05, 0.1) is 16.5 Å². The second-order valence-corrected chi connectivity index (χ2v) is 11.2. The van der Waals surface area contributed by atoms with E-state index in [1.165, 1.54) is 0 Å². The Morgan fingerprint density at radius 2 is 1.76 bits per heavy atom. The van der Waals surface area contributed by atoms with Gasteiger partial charge in [0.25, 0.3) is 10.0 Å². The number of ketones is 1. The van der Waals surface area contributed by atoms with Gasteiger partial charge in [0.1, 0.15) is 11.6 Å². The number of hydrogen-bond donors (Lipinski definition) is 0. The Morgan fingerprint density at radius 1 is 1.14 bits per heavy atom. The number of allylic oxidation sites excluding steroid dienone is 1. The van der Waals surface area contributed by atoms with Gasteiger partial charge in [-0.05, 0) is 66.0 Å². The Hall–Kier alpha value is -1.95. The van der Waals surface area contributed by atoms with Crippen LogP contribution in [-0.4, -0.2) is 35.9 Å². The molecule has 0 amide bonds. The van der Waals surface area contributed by atoms with Crippen LogP contribution in [0.5, 0.6) is 0 Å². The maximum atomic E-state index is 13.8. The third-order valence-corrected chi connectivity index (χ3v) is 8.52. The SMILES string of the molecule is CC(=O)[C@@H]1C[C@@H]2[C@H](C=C1C)N(S(=O)(=O)c1ccc(C)cc1)C(C1CC1)=NC2(C)C. The molecule has 1 heterocycles. The second-order valence-electron chi connectivity index (χ2n) is 9.42. The van der Waals surface area contributed by atoms with Crippen molar-refractivity contribution in [1.29, 1.82) is 0 Å². The standard InChI is InChI=1S/C23H30N2O3S/c1-14-6-10-18(11-7-14)29(27,28)25-21-12-15(2)19(16(3)26)13-20(21)23(4,5)24-22(25)17-8-9-17/h6-7,10-12,17,19-21H,8-9,13H2,1-5H3/t19-,20-,21+/m1/s1. The number of carbonyl (C=O) groups is 1. The van der Waals surface area contributed by atoms with E-state index >= 15 is 0 Å². The summed E-state index contributed by atoms with van der Waals surface area (Å²) < 4.78 is 29.1. The normalized spacial score (nSPS) is 29.0. The van der Waals surface area contributed by atoms with Crippen molar-refractivity contribution in [3.63, 3.8) is 0 Å². The lowest BCUT2D eigenvalue weighted by Crippen LogP contribution is -2.59. The highest BCUT2D eigenvalue weighted by Crippen LogP contribution is 2.47. The van der Waals surface area contributed by atoms with E-state index in [0.717, 1.165) is 24.0 Å². The van der Waals surface area contributed by atoms with Crippen LogP contribution in [0.4, 0.5) is 0 Å². The van der Waals surface area contributed by atoms with Crippen molar-refractivity contribution in [3.05, 3.63) is 41.5 Å². The molecule has 0 bridgehead atoms. The van der Waals surface area contributed by atoms with E-state index in [2.05, 4.69) is 13.8 Å². The van der Waals surface area contributed by atoms with Gasteiger partial charge in [-0.1, -0.05) is 29.3 Å². The molecule has 5 nitrogen and oxygen atoms in total. The molecule has 0 spiro atoms. The van der Waals surface area contributed by atoms with Crippen molar-refractivity contribution in [2.24, 2.45) is 22.7 Å². The highest BCUT2D eigenvalue weighted by molar-refractivity contribution is 7.89. The Labute approximate surface area is 174 Å². The first-order chi connectivity index (χ1) is 13.5. The first-order valence-electron chi connectivity index (χ1n) is 10.4. The largest absolute Gasteiger partial charge is 0.299 e. The number of amidine groups is 1. The molecule has 0 unspecified atom stereocenters. The number of Topliss-reactive ketones (excluding diaryl/α,β-unsaturated/α-hetero) is 1. The van der Waals surface area contributed by atoms with E-state index in [9.17, 15) is 13.2 Å². The topological polar surface area (TPSA) is 66.8 Å². The Kier molecular flexibility index (Phi) is 4.76. The average Bonchev–Trinajstić information content (AvgIpc) is 3.45. The van der Waals surface area contributed by atoms with Gasteiger partial charge in [-0.2, -0.15) is 0 Å². The van der Waals surface area contributed by atoms with Gasteiger partial charge in [0.2, 0.25) is 0 Å². The summed E-state index contributed by atoms with van der Waals surface area (Å²) in [6.07, 6.45) is 4.61. The number of hydrogen-bond acceptors (Lipinski definition) is 4. The number of fused-ring (bicyclic) bond motifs is 1. The number of sulfonamides is 1. The summed E-state index contributed by atoms with van der Waals surface area (Å²) in [5.41, 5.74) is 1.58. The molecule has 0 radical (unpaired) electrons. The summed E-state index contributed by atoms with van der Waals surface area (Å²) in [6.45, 7) is 9.68. The van der Waals surface area contributed by atoms with Gasteiger partial charge in [-0.25, -0.2) is 12.7 Å². The van der Waals surface area contributed by atoms with E-state index in [-0.39, 0.29) is 29.6 Å². The summed E-state index contributed by atoms with van der Waals surface area (Å²) in [4.78, 5) is 17.5. The lowest BCUT2D eigenvalue weighted by atomic mass is 9.69. The number of carbonyl (C=O) groups excluding carboxylic acids is 1. The van der Waals surface area contributed by atoms with Crippen LogP contribution >= 0.6 is 0 Å². The summed E-state index contributed by atoms with van der Waals surface area (Å²) in [5, 5.41) is 0. The van der Waals surface area contributed by atoms with Crippen LogP contribution in [0.25, 0.3) is 0 Å². The summed E-state index contributed by atoms with van der Waals surface area (Å²) in [5.74, 6) is 0.842. The molecule has 0 saturated heterocycles. The van der Waals surface area contributed by atoms with E-state index in [0.29, 0.717) is 17.2 Å². The van der Waals surface area contributed by atoms with Crippen LogP contribution < -0.4 is 0 Å². The summed E-state index contributed by atoms with van der Waals surface area (Å²) in [7, 11) is -3.74. The Morgan fingerprint density at radius 3 is 2.31 bits per heavy atom. The third-order valence-electron chi connectivity index (χ3n) is 6.70. The molecule has 1 saturated carbocycles. The van der Waals surface area contributed by atoms with Crippen molar-refractivity contribution < 1.29 is 13.2 Å². The first kappa shape index (κ1) is 20.3. The molecule has 1 aromatic carbocycles. The maximum absolute atomic E-state index is 13.8. The van der Waals surface area contributed by atoms with Gasteiger partial charge in [0.15, 0.2) is 0 Å². The van der Waals surface area contributed by atoms with Gasteiger partial charge < -0.3 is 0 Å². The van der Waals surface area contributed by atoms with E-state index < -0.39 is 15.6 Å². The van der Waals surface area contributed by atoms with Crippen LogP contribution in [0.2, 0.25) is 0 Å². The van der Waals surface area contributed by atoms with Crippen LogP contribution in [-0.2, 0) is 14.8 Å². The minimum Gasteiger partial charge on any atom is -0.299 e. The molecule has 1 aromatic rings. The zero-order chi connectivity index (χ0) is 21.1. The summed E-state index contributed by atoms with van der Waals surface area (Å²) >= 11 is 0. The smallest absolute Gasteiger partial charge is 0.265 e. The highest BCUT2D eigenvalue weighted by atomic mass is 32.2. The molecule has 4 rings (SSSR count). The molecule has 29 heavy (non-hydrogen) atoms. The van der Waals surface area contributed by atoms with Gasteiger partial charge in [0, 0.05) is 17.8 Å². The lowest BCUT2D eigenvalue weighted by Gasteiger charge is -2.50. The molecule has 2 aliphatic carbocycles. The second kappa shape index (κ2) is 6.79. The number of aryl methyl sites for hydroxylation is 1. The van der Waals surface area contributed by atoms with Crippen LogP contribution in [0.1, 0.15) is 52.5 Å². The molecular formula is C23H30N2O3S. The quantitative estimate of drug-likeness (QED) is 0.696. The molecule has 3 atom stereocenters. The predicted octanol–water partition coefficient (Wildman–Crippen LogP) is 4.13. The minimum atomic E-state index is -3.74. The molecule has 1 fully saturated rings. The number of benzene rings is 1. The number of aliphatic imine (C=N–C) groups is 1. The van der Waals surface area contributed by atoms with Gasteiger partial charge in [-0.15, -0.1) is 0 Å². The van der Waals surface area contributed by atoms with Gasteiger partial charge >= 0.3 is 0 Å². The highest BCUT2D eigenvalue weighted by Gasteiger charge is 2.53.